The number of halogens is 3. The minimum Gasteiger partial charge on any atom is -0.493 e. The van der Waals surface area contributed by atoms with Gasteiger partial charge in [0.05, 0.1) is 31.6 Å². The van der Waals surface area contributed by atoms with E-state index in [9.17, 15) is 14.4 Å². The number of carbonyl (C=O) groups excluding carboxylic acids is 3. The van der Waals surface area contributed by atoms with E-state index in [0.717, 1.165) is 38.8 Å². The number of amides is 1. The number of rotatable bonds is 16. The summed E-state index contributed by atoms with van der Waals surface area (Å²) in [4.78, 5) is 40.6. The summed E-state index contributed by atoms with van der Waals surface area (Å²) in [5.74, 6) is 0.193. The number of Topliss-reactive ketones (excluding diaryl/α,β-unsaturated/α-hetero) is 1. The van der Waals surface area contributed by atoms with Gasteiger partial charge in [-0.3, -0.25) is 19.1 Å². The van der Waals surface area contributed by atoms with E-state index in [1.54, 1.807) is 29.6 Å². The normalized spacial score (nSPS) is 13.1. The Balaban J connectivity index is 1.19. The zero-order valence-electron chi connectivity index (χ0n) is 28.6. The minimum absolute atomic E-state index is 0.0288. The number of hydrogen-bond donors (Lipinski definition) is 1. The van der Waals surface area contributed by atoms with Crippen molar-refractivity contribution in [2.24, 2.45) is 5.73 Å². The molecular formula is C38H41Cl2FN4O5S. The molecule has 0 radical (unpaired) electrons. The molecule has 1 aliphatic heterocycles. The van der Waals surface area contributed by atoms with Crippen LogP contribution in [0.2, 0.25) is 10.0 Å². The molecule has 5 rings (SSSR count). The molecule has 9 nitrogen and oxygen atoms in total. The van der Waals surface area contributed by atoms with Crippen LogP contribution in [0.15, 0.2) is 65.8 Å². The predicted octanol–water partition coefficient (Wildman–Crippen LogP) is 8.28. The third-order valence-electron chi connectivity index (χ3n) is 8.64. The number of nitrogens with two attached hydrogens (primary N) is 1. The highest BCUT2D eigenvalue weighted by Gasteiger charge is 2.26. The van der Waals surface area contributed by atoms with Crippen LogP contribution in [0.1, 0.15) is 66.9 Å². The molecule has 0 spiro atoms. The van der Waals surface area contributed by atoms with Crippen LogP contribution in [0.4, 0.5) is 10.1 Å². The lowest BCUT2D eigenvalue weighted by atomic mass is 10.0. The first kappa shape index (κ1) is 38.3. The fraction of sp³-hybridized carbons (Fsp3) is 0.368. The smallest absolute Gasteiger partial charge is 0.322 e. The third kappa shape index (κ3) is 9.71. The maximum absolute atomic E-state index is 15.3. The second-order valence-corrected chi connectivity index (χ2v) is 14.2. The maximum atomic E-state index is 15.3. The fourth-order valence-electron chi connectivity index (χ4n) is 5.85. The molecule has 1 amide bonds. The zero-order valence-corrected chi connectivity index (χ0v) is 31.0. The topological polar surface area (TPSA) is 117 Å². The number of carbonyl (C=O) groups is 3. The van der Waals surface area contributed by atoms with Gasteiger partial charge in [-0.15, -0.1) is 11.8 Å². The number of nitrogens with zero attached hydrogens (tertiary/aromatic N) is 3. The van der Waals surface area contributed by atoms with Crippen LogP contribution in [0.25, 0.3) is 11.1 Å². The largest absolute Gasteiger partial charge is 0.493 e. The van der Waals surface area contributed by atoms with Crippen LogP contribution in [0.3, 0.4) is 0 Å². The van der Waals surface area contributed by atoms with Gasteiger partial charge in [0.15, 0.2) is 5.78 Å². The molecule has 51 heavy (non-hydrogen) atoms. The van der Waals surface area contributed by atoms with Gasteiger partial charge in [-0.05, 0) is 63.4 Å². The summed E-state index contributed by atoms with van der Waals surface area (Å²) in [5.41, 5.74) is 9.70. The molecule has 4 aromatic rings. The molecule has 270 valence electrons. The molecule has 0 fully saturated rings. The van der Waals surface area contributed by atoms with Gasteiger partial charge in [-0.25, -0.2) is 4.39 Å². The Kier molecular flexibility index (Phi) is 13.6. The van der Waals surface area contributed by atoms with Crippen LogP contribution in [-0.4, -0.2) is 59.0 Å². The van der Waals surface area contributed by atoms with Gasteiger partial charge in [0.1, 0.15) is 17.6 Å². The molecule has 0 aliphatic carbocycles. The Morgan fingerprint density at radius 1 is 1.06 bits per heavy atom. The molecule has 0 saturated carbocycles. The number of ether oxygens (including phenoxy) is 2. The first-order chi connectivity index (χ1) is 24.6. The van der Waals surface area contributed by atoms with Crippen molar-refractivity contribution in [1.29, 1.82) is 0 Å². The van der Waals surface area contributed by atoms with Gasteiger partial charge in [-0.2, -0.15) is 5.10 Å². The first-order valence-corrected chi connectivity index (χ1v) is 18.7. The van der Waals surface area contributed by atoms with Gasteiger partial charge in [0.2, 0.25) is 5.91 Å². The number of fused-ring (bicyclic) bond motifs is 1. The van der Waals surface area contributed by atoms with Gasteiger partial charge < -0.3 is 20.1 Å². The lowest BCUT2D eigenvalue weighted by Gasteiger charge is -2.30. The van der Waals surface area contributed by atoms with Crippen molar-refractivity contribution < 1.29 is 28.2 Å². The maximum Gasteiger partial charge on any atom is 0.322 e. The first-order valence-electron chi connectivity index (χ1n) is 17.0. The summed E-state index contributed by atoms with van der Waals surface area (Å²) < 4.78 is 27.7. The van der Waals surface area contributed by atoms with Gasteiger partial charge in [-0.1, -0.05) is 47.8 Å². The lowest BCUT2D eigenvalue weighted by molar-refractivity contribution is -0.144. The van der Waals surface area contributed by atoms with Crippen molar-refractivity contribution in [1.82, 2.24) is 9.78 Å². The minimum atomic E-state index is -0.730. The third-order valence-corrected chi connectivity index (χ3v) is 10.5. The van der Waals surface area contributed by atoms with Crippen LogP contribution in [0.5, 0.6) is 5.75 Å². The van der Waals surface area contributed by atoms with E-state index in [4.69, 9.17) is 38.4 Å². The van der Waals surface area contributed by atoms with Crippen molar-refractivity contribution in [3.63, 3.8) is 0 Å². The number of thioether (sulfide) groups is 1. The predicted molar refractivity (Wildman–Crippen MR) is 200 cm³/mol. The molecule has 0 saturated heterocycles. The van der Waals surface area contributed by atoms with Crippen molar-refractivity contribution in [2.45, 2.75) is 69.9 Å². The van der Waals surface area contributed by atoms with E-state index >= 15 is 4.39 Å². The van der Waals surface area contributed by atoms with Gasteiger partial charge >= 0.3 is 5.97 Å². The molecule has 1 aliphatic rings. The van der Waals surface area contributed by atoms with Crippen LogP contribution < -0.4 is 15.4 Å². The van der Waals surface area contributed by atoms with Crippen LogP contribution >= 0.6 is 35.0 Å². The van der Waals surface area contributed by atoms with Crippen molar-refractivity contribution in [3.8, 4) is 16.9 Å². The highest BCUT2D eigenvalue weighted by Crippen LogP contribution is 2.42. The van der Waals surface area contributed by atoms with Crippen molar-refractivity contribution >= 4 is 58.3 Å². The van der Waals surface area contributed by atoms with E-state index in [2.05, 4.69) is 5.10 Å². The molecule has 0 bridgehead atoms. The van der Waals surface area contributed by atoms with Gasteiger partial charge in [0.25, 0.3) is 0 Å². The highest BCUT2D eigenvalue weighted by atomic mass is 35.5. The quantitative estimate of drug-likeness (QED) is 0.0690. The van der Waals surface area contributed by atoms with E-state index in [1.165, 1.54) is 12.1 Å². The number of hydrogen-bond acceptors (Lipinski definition) is 8. The average molecular weight is 756 g/mol. The molecule has 1 aromatic heterocycles. The molecule has 1 atom stereocenters. The Morgan fingerprint density at radius 2 is 1.86 bits per heavy atom. The number of aromatic nitrogens is 2. The Morgan fingerprint density at radius 3 is 2.65 bits per heavy atom. The molecular weight excluding hydrogens is 714 g/mol. The monoisotopic (exact) mass is 754 g/mol. The van der Waals surface area contributed by atoms with Crippen molar-refractivity contribution in [2.75, 3.05) is 30.4 Å². The summed E-state index contributed by atoms with van der Waals surface area (Å²) in [6.45, 7) is 4.95. The average Bonchev–Trinajstić information content (AvgIpc) is 3.59. The standard InChI is InChI=1S/C38H41Cl2FN4O5S/c1-3-49-38(48)32(42)11-4-5-13-34(46)25-19-30(40)28(31(41)20-25)23-44-22-26(21-43-44)27-9-6-12-33-37(27)51-18-16-45(33)36(47)15-8-17-50-35-14-7-10-29(39)24(35)2/h6-7,9-10,12,14,19-22,32H,3-5,8,11,13,15-18,23,42H2,1-2H3/t32-/m0/s1. The fourth-order valence-corrected chi connectivity index (χ4v) is 7.43. The van der Waals surface area contributed by atoms with Crippen molar-refractivity contribution in [3.05, 3.63) is 93.5 Å². The van der Waals surface area contributed by atoms with Crippen LogP contribution in [-0.2, 0) is 20.9 Å². The van der Waals surface area contributed by atoms with E-state index < -0.39 is 17.8 Å². The number of benzene rings is 3. The number of ketones is 1. The second kappa shape index (κ2) is 18.0. The molecule has 0 unspecified atom stereocenters. The highest BCUT2D eigenvalue weighted by molar-refractivity contribution is 7.99. The number of esters is 1. The zero-order chi connectivity index (χ0) is 36.5. The summed E-state index contributed by atoms with van der Waals surface area (Å²) in [6.07, 6.45) is 6.07. The molecule has 2 N–H and O–H groups in total. The Labute approximate surface area is 311 Å². The van der Waals surface area contributed by atoms with E-state index in [-0.39, 0.29) is 47.4 Å². The Bertz CT molecular complexity index is 1860. The summed E-state index contributed by atoms with van der Waals surface area (Å²) in [5, 5.41) is 5.25. The lowest BCUT2D eigenvalue weighted by Crippen LogP contribution is -2.35. The number of anilines is 1. The summed E-state index contributed by atoms with van der Waals surface area (Å²) >= 11 is 14.4. The molecule has 3 aromatic carbocycles. The van der Waals surface area contributed by atoms with Crippen LogP contribution in [0, 0.1) is 12.7 Å². The second-order valence-electron chi connectivity index (χ2n) is 12.2. The summed E-state index contributed by atoms with van der Waals surface area (Å²) in [7, 11) is 0. The van der Waals surface area contributed by atoms with Gasteiger partial charge in [0, 0.05) is 74.1 Å². The Hall–Kier alpha value is -3.90. The summed E-state index contributed by atoms with van der Waals surface area (Å²) in [6, 6.07) is 13.3. The molecule has 2 heterocycles. The SMILES string of the molecule is CCOC(=O)[C@@H](N)CCCCC(=O)c1cc(F)c(Cn2cc(-c3cccc4c3SCCN4C(=O)CCCOc3cccc(Cl)c3C)cn2)c(Cl)c1. The molecule has 13 heteroatoms. The van der Waals surface area contributed by atoms with E-state index in [1.807, 2.05) is 54.4 Å². The number of unbranched alkanes of at least 4 members (excludes halogenated alkanes) is 1. The van der Waals surface area contributed by atoms with E-state index in [0.29, 0.717) is 50.3 Å².